The van der Waals surface area contributed by atoms with Gasteiger partial charge in [-0.1, -0.05) is 0 Å². The fraction of sp³-hybridized carbons (Fsp3) is 0.400. The number of carbonyl (C=O) groups is 1. The van der Waals surface area contributed by atoms with Gasteiger partial charge in [-0.25, -0.2) is 4.98 Å². The zero-order valence-corrected chi connectivity index (χ0v) is 8.95. The molecule has 0 radical (unpaired) electrons. The number of hydrogen-bond donors (Lipinski definition) is 2. The van der Waals surface area contributed by atoms with E-state index in [1.165, 1.54) is 6.07 Å². The first kappa shape index (κ1) is 13.3. The van der Waals surface area contributed by atoms with Crippen LogP contribution in [0, 0.1) is 0 Å². The second-order valence-electron chi connectivity index (χ2n) is 3.57. The van der Waals surface area contributed by atoms with Crippen molar-refractivity contribution in [1.82, 2.24) is 4.98 Å². The molecule has 1 aromatic rings. The fourth-order valence-corrected chi connectivity index (χ4v) is 1.24. The van der Waals surface area contributed by atoms with Crippen LogP contribution in [0.15, 0.2) is 18.3 Å². The first-order valence-electron chi connectivity index (χ1n) is 4.80. The van der Waals surface area contributed by atoms with E-state index in [9.17, 15) is 18.0 Å². The summed E-state index contributed by atoms with van der Waals surface area (Å²) in [6, 6.07) is 1.68. The highest BCUT2D eigenvalue weighted by molar-refractivity contribution is 5.68. The second kappa shape index (κ2) is 5.03. The van der Waals surface area contributed by atoms with E-state index in [1.54, 1.807) is 6.92 Å². The maximum Gasteiger partial charge on any atom is 0.433 e. The molecular weight excluding hydrogens is 237 g/mol. The molecule has 1 heterocycles. The van der Waals surface area contributed by atoms with Crippen LogP contribution in [-0.2, 0) is 11.0 Å². The van der Waals surface area contributed by atoms with E-state index in [1.807, 2.05) is 0 Å². The Bertz CT molecular complexity index is 390. The largest absolute Gasteiger partial charge is 0.481 e. The minimum Gasteiger partial charge on any atom is -0.481 e. The van der Waals surface area contributed by atoms with Crippen molar-refractivity contribution < 1.29 is 23.1 Å². The monoisotopic (exact) mass is 248 g/mol. The third-order valence-corrected chi connectivity index (χ3v) is 1.95. The third kappa shape index (κ3) is 4.29. The maximum atomic E-state index is 12.2. The molecule has 7 heteroatoms. The topological polar surface area (TPSA) is 62.2 Å². The molecule has 0 aliphatic carbocycles. The molecule has 0 aliphatic heterocycles. The van der Waals surface area contributed by atoms with E-state index in [2.05, 4.69) is 10.3 Å². The Balaban J connectivity index is 2.66. The molecule has 1 aromatic heterocycles. The fourth-order valence-electron chi connectivity index (χ4n) is 1.24. The van der Waals surface area contributed by atoms with E-state index in [-0.39, 0.29) is 12.5 Å². The predicted molar refractivity (Wildman–Crippen MR) is 54.6 cm³/mol. The van der Waals surface area contributed by atoms with Crippen molar-refractivity contribution in [3.8, 4) is 0 Å². The summed E-state index contributed by atoms with van der Waals surface area (Å²) in [5.41, 5.74) is -0.624. The highest BCUT2D eigenvalue weighted by Gasteiger charge is 2.32. The summed E-state index contributed by atoms with van der Waals surface area (Å²) in [5.74, 6) is -0.982. The molecule has 17 heavy (non-hydrogen) atoms. The van der Waals surface area contributed by atoms with E-state index in [4.69, 9.17) is 5.11 Å². The maximum absolute atomic E-state index is 12.2. The molecule has 0 spiro atoms. The van der Waals surface area contributed by atoms with Crippen molar-refractivity contribution in [2.45, 2.75) is 25.6 Å². The molecule has 0 saturated heterocycles. The molecule has 0 aliphatic rings. The number of anilines is 1. The number of rotatable bonds is 4. The van der Waals surface area contributed by atoms with Crippen LogP contribution < -0.4 is 5.32 Å². The lowest BCUT2D eigenvalue weighted by atomic mass is 10.2. The minimum atomic E-state index is -4.47. The van der Waals surface area contributed by atoms with Crippen LogP contribution in [0.2, 0.25) is 0 Å². The van der Waals surface area contributed by atoms with Crippen LogP contribution in [0.1, 0.15) is 19.0 Å². The van der Waals surface area contributed by atoms with Gasteiger partial charge in [-0.3, -0.25) is 4.79 Å². The normalized spacial score (nSPS) is 13.2. The van der Waals surface area contributed by atoms with Gasteiger partial charge in [-0.2, -0.15) is 13.2 Å². The van der Waals surface area contributed by atoms with E-state index in [0.29, 0.717) is 5.69 Å². The molecule has 4 nitrogen and oxygen atoms in total. The first-order chi connectivity index (χ1) is 7.79. The van der Waals surface area contributed by atoms with Crippen LogP contribution in [-0.4, -0.2) is 22.1 Å². The van der Waals surface area contributed by atoms with Gasteiger partial charge < -0.3 is 10.4 Å². The van der Waals surface area contributed by atoms with E-state index < -0.39 is 17.8 Å². The number of aliphatic carboxylic acids is 1. The Kier molecular flexibility index (Phi) is 3.93. The molecule has 2 N–H and O–H groups in total. The Morgan fingerprint density at radius 3 is 2.59 bits per heavy atom. The quantitative estimate of drug-likeness (QED) is 0.858. The Morgan fingerprint density at radius 1 is 1.53 bits per heavy atom. The zero-order valence-electron chi connectivity index (χ0n) is 8.95. The second-order valence-corrected chi connectivity index (χ2v) is 3.57. The minimum absolute atomic E-state index is 0.124. The van der Waals surface area contributed by atoms with Gasteiger partial charge >= 0.3 is 12.1 Å². The number of carboxylic acids is 1. The average molecular weight is 248 g/mol. The summed E-state index contributed by atoms with van der Waals surface area (Å²) in [6.07, 6.45) is -3.56. The molecule has 94 valence electrons. The van der Waals surface area contributed by atoms with E-state index in [0.717, 1.165) is 12.3 Å². The van der Waals surface area contributed by atoms with Crippen LogP contribution in [0.3, 0.4) is 0 Å². The zero-order chi connectivity index (χ0) is 13.1. The lowest BCUT2D eigenvalue weighted by molar-refractivity contribution is -0.141. The van der Waals surface area contributed by atoms with Gasteiger partial charge in [0.05, 0.1) is 18.3 Å². The van der Waals surface area contributed by atoms with Gasteiger partial charge in [0.25, 0.3) is 0 Å². The molecule has 1 rings (SSSR count). The van der Waals surface area contributed by atoms with Crippen LogP contribution in [0.4, 0.5) is 18.9 Å². The van der Waals surface area contributed by atoms with Gasteiger partial charge in [-0.05, 0) is 19.1 Å². The molecule has 1 unspecified atom stereocenters. The number of carboxylic acid groups (broad SMARTS) is 1. The molecule has 0 fully saturated rings. The Labute approximate surface area is 95.5 Å². The van der Waals surface area contributed by atoms with Crippen LogP contribution >= 0.6 is 0 Å². The van der Waals surface area contributed by atoms with Crippen molar-refractivity contribution in [2.24, 2.45) is 0 Å². The number of nitrogens with one attached hydrogen (secondary N) is 1. The molecule has 1 atom stereocenters. The smallest absolute Gasteiger partial charge is 0.433 e. The Hall–Kier alpha value is -1.79. The molecule has 0 bridgehead atoms. The molecule has 0 saturated carbocycles. The predicted octanol–water partition coefficient (Wildman–Crippen LogP) is 2.38. The van der Waals surface area contributed by atoms with Gasteiger partial charge in [0.2, 0.25) is 0 Å². The van der Waals surface area contributed by atoms with Crippen LogP contribution in [0.5, 0.6) is 0 Å². The highest BCUT2D eigenvalue weighted by Crippen LogP contribution is 2.27. The van der Waals surface area contributed by atoms with Crippen molar-refractivity contribution in [3.63, 3.8) is 0 Å². The van der Waals surface area contributed by atoms with E-state index >= 15 is 0 Å². The van der Waals surface area contributed by atoms with Crippen LogP contribution in [0.25, 0.3) is 0 Å². The summed E-state index contributed by atoms with van der Waals surface area (Å²) in [4.78, 5) is 13.6. The van der Waals surface area contributed by atoms with Gasteiger partial charge in [0.1, 0.15) is 5.69 Å². The number of hydrogen-bond acceptors (Lipinski definition) is 3. The number of halogens is 3. The lowest BCUT2D eigenvalue weighted by Gasteiger charge is -2.13. The Morgan fingerprint density at radius 2 is 2.18 bits per heavy atom. The van der Waals surface area contributed by atoms with Crippen molar-refractivity contribution in [3.05, 3.63) is 24.0 Å². The standard InChI is InChI=1S/C10H11F3N2O2/c1-6(4-9(16)17)15-7-2-3-8(14-5-7)10(11,12)13/h2-3,5-6,15H,4H2,1H3,(H,16,17). The average Bonchev–Trinajstić information content (AvgIpc) is 2.15. The van der Waals surface area contributed by atoms with Gasteiger partial charge in [0, 0.05) is 6.04 Å². The molecule has 0 amide bonds. The summed E-state index contributed by atoms with van der Waals surface area (Å²) in [5, 5.41) is 11.2. The summed E-state index contributed by atoms with van der Waals surface area (Å²) >= 11 is 0. The third-order valence-electron chi connectivity index (χ3n) is 1.95. The lowest BCUT2D eigenvalue weighted by Crippen LogP contribution is -2.19. The SMILES string of the molecule is CC(CC(=O)O)Nc1ccc(C(F)(F)F)nc1. The first-order valence-corrected chi connectivity index (χ1v) is 4.80. The van der Waals surface area contributed by atoms with Crippen molar-refractivity contribution in [2.75, 3.05) is 5.32 Å². The summed E-state index contributed by atoms with van der Waals surface area (Å²) in [6.45, 7) is 1.62. The number of pyridine rings is 1. The molecular formula is C10H11F3N2O2. The highest BCUT2D eigenvalue weighted by atomic mass is 19.4. The van der Waals surface area contributed by atoms with Crippen molar-refractivity contribution >= 4 is 11.7 Å². The number of nitrogens with zero attached hydrogens (tertiary/aromatic N) is 1. The number of aromatic nitrogens is 1. The summed E-state index contributed by atoms with van der Waals surface area (Å²) in [7, 11) is 0. The molecule has 0 aromatic carbocycles. The van der Waals surface area contributed by atoms with Gasteiger partial charge in [-0.15, -0.1) is 0 Å². The number of alkyl halides is 3. The van der Waals surface area contributed by atoms with Crippen molar-refractivity contribution in [1.29, 1.82) is 0 Å². The summed E-state index contributed by atoms with van der Waals surface area (Å²) < 4.78 is 36.6. The van der Waals surface area contributed by atoms with Gasteiger partial charge in [0.15, 0.2) is 0 Å².